The Morgan fingerprint density at radius 3 is 2.88 bits per heavy atom. The average molecular weight is 442 g/mol. The van der Waals surface area contributed by atoms with Gasteiger partial charge in [0, 0.05) is 36.1 Å². The van der Waals surface area contributed by atoms with Gasteiger partial charge in [0.1, 0.15) is 5.82 Å². The molecule has 8 nitrogen and oxygen atoms in total. The number of nitrogens with zero attached hydrogens (tertiary/aromatic N) is 5. The van der Waals surface area contributed by atoms with Gasteiger partial charge in [0.05, 0.1) is 29.8 Å². The van der Waals surface area contributed by atoms with E-state index in [9.17, 15) is 9.18 Å². The number of urea groups is 1. The Kier molecular flexibility index (Phi) is 4.53. The van der Waals surface area contributed by atoms with Crippen molar-refractivity contribution in [3.63, 3.8) is 0 Å². The molecule has 4 aromatic rings. The maximum absolute atomic E-state index is 13.7. The molecule has 0 unspecified atom stereocenters. The maximum Gasteiger partial charge on any atom is 0.327 e. The highest BCUT2D eigenvalue weighted by Crippen LogP contribution is 2.40. The zero-order chi connectivity index (χ0) is 22.4. The average Bonchev–Trinajstić information content (AvgIpc) is 3.51. The molecule has 0 aliphatic carbocycles. The molecule has 2 amide bonds. The van der Waals surface area contributed by atoms with Crippen LogP contribution in [0.3, 0.4) is 0 Å². The largest absolute Gasteiger partial charge is 0.444 e. The molecule has 5 heterocycles. The van der Waals surface area contributed by atoms with Gasteiger partial charge in [-0.05, 0) is 36.8 Å². The number of amides is 2. The Hall–Kier alpha value is -4.27. The van der Waals surface area contributed by atoms with Crippen molar-refractivity contribution in [2.45, 2.75) is 12.5 Å². The third-order valence-corrected chi connectivity index (χ3v) is 6.00. The number of rotatable bonds is 3. The van der Waals surface area contributed by atoms with E-state index in [-0.39, 0.29) is 12.1 Å². The normalized spacial score (nSPS) is 16.6. The van der Waals surface area contributed by atoms with Crippen molar-refractivity contribution in [2.24, 2.45) is 0 Å². The predicted molar refractivity (Wildman–Crippen MR) is 121 cm³/mol. The zero-order valence-electron chi connectivity index (χ0n) is 17.5. The number of nitrogens with one attached hydrogen (secondary N) is 1. The van der Waals surface area contributed by atoms with E-state index in [2.05, 4.69) is 20.2 Å². The first-order chi connectivity index (χ1) is 16.2. The highest BCUT2D eigenvalue weighted by molar-refractivity contribution is 6.05. The van der Waals surface area contributed by atoms with Gasteiger partial charge in [0.2, 0.25) is 0 Å². The molecule has 33 heavy (non-hydrogen) atoms. The Morgan fingerprint density at radius 2 is 2.03 bits per heavy atom. The first kappa shape index (κ1) is 19.4. The summed E-state index contributed by atoms with van der Waals surface area (Å²) < 4.78 is 19.1. The van der Waals surface area contributed by atoms with Crippen molar-refractivity contribution < 1.29 is 13.6 Å². The Morgan fingerprint density at radius 1 is 1.09 bits per heavy atom. The summed E-state index contributed by atoms with van der Waals surface area (Å²) in [7, 11) is 0. The van der Waals surface area contributed by atoms with Gasteiger partial charge in [-0.25, -0.2) is 19.2 Å². The van der Waals surface area contributed by atoms with Gasteiger partial charge >= 0.3 is 6.03 Å². The molecule has 1 atom stereocenters. The van der Waals surface area contributed by atoms with E-state index >= 15 is 0 Å². The monoisotopic (exact) mass is 442 g/mol. The van der Waals surface area contributed by atoms with Crippen molar-refractivity contribution in [3.05, 3.63) is 73.3 Å². The van der Waals surface area contributed by atoms with Gasteiger partial charge in [-0.1, -0.05) is 12.1 Å². The number of carbonyl (C=O) groups excluding carboxylic acids is 1. The summed E-state index contributed by atoms with van der Waals surface area (Å²) in [5.41, 5.74) is 3.47. The lowest BCUT2D eigenvalue weighted by atomic mass is 10.1. The Bertz CT molecular complexity index is 1340. The quantitative estimate of drug-likeness (QED) is 0.500. The second-order valence-electron chi connectivity index (χ2n) is 8.07. The van der Waals surface area contributed by atoms with E-state index < -0.39 is 5.82 Å². The van der Waals surface area contributed by atoms with E-state index in [0.717, 1.165) is 37.0 Å². The van der Waals surface area contributed by atoms with Gasteiger partial charge in [-0.15, -0.1) is 0 Å². The Labute approximate surface area is 188 Å². The number of benzene rings is 1. The molecule has 0 saturated carbocycles. The van der Waals surface area contributed by atoms with Crippen LogP contribution >= 0.6 is 0 Å². The van der Waals surface area contributed by atoms with Gasteiger partial charge in [0.15, 0.2) is 18.0 Å². The summed E-state index contributed by atoms with van der Waals surface area (Å²) >= 11 is 0. The van der Waals surface area contributed by atoms with Crippen LogP contribution in [0.25, 0.3) is 22.6 Å². The van der Waals surface area contributed by atoms with E-state index in [1.165, 1.54) is 12.5 Å². The topological polar surface area (TPSA) is 87.4 Å². The van der Waals surface area contributed by atoms with E-state index in [4.69, 9.17) is 9.40 Å². The highest BCUT2D eigenvalue weighted by Gasteiger charge is 2.40. The van der Waals surface area contributed by atoms with E-state index in [1.807, 2.05) is 36.4 Å². The molecule has 164 valence electrons. The molecular formula is C24H19FN6O2. The van der Waals surface area contributed by atoms with Crippen LogP contribution in [0.1, 0.15) is 6.42 Å². The number of hydrogen-bond acceptors (Lipinski definition) is 6. The molecule has 6 rings (SSSR count). The molecular weight excluding hydrogens is 423 g/mol. The zero-order valence-corrected chi connectivity index (χ0v) is 17.5. The lowest BCUT2D eigenvalue weighted by molar-refractivity contribution is 0.255. The van der Waals surface area contributed by atoms with Crippen LogP contribution in [0, 0.1) is 5.82 Å². The third-order valence-electron chi connectivity index (χ3n) is 6.00. The minimum Gasteiger partial charge on any atom is -0.444 e. The number of carbonyl (C=O) groups is 1. The molecule has 2 bridgehead atoms. The van der Waals surface area contributed by atoms with Crippen LogP contribution in [-0.2, 0) is 0 Å². The fraction of sp³-hybridized carbons (Fsp3) is 0.167. The van der Waals surface area contributed by atoms with Crippen molar-refractivity contribution >= 4 is 23.2 Å². The van der Waals surface area contributed by atoms with Crippen LogP contribution in [0.2, 0.25) is 0 Å². The summed E-state index contributed by atoms with van der Waals surface area (Å²) in [6.45, 7) is 1.60. The van der Waals surface area contributed by atoms with Gasteiger partial charge in [-0.2, -0.15) is 0 Å². The van der Waals surface area contributed by atoms with Crippen LogP contribution in [0.5, 0.6) is 0 Å². The minimum absolute atomic E-state index is 0.00309. The molecule has 0 spiro atoms. The first-order valence-electron chi connectivity index (χ1n) is 10.6. The standard InChI is InChI=1S/C24H19FN6O2/c25-17-8-16(10-26-11-17)20-4-5-21-23(29-20)31(19-6-7-30(21)13-19)24(32)28-18-3-1-2-15(9-18)22-12-27-14-33-22/h1-5,8-12,14,19H,6-7,13H2,(H,28,32)/t19-/m0/s1. The number of fused-ring (bicyclic) bond motifs is 4. The van der Waals surface area contributed by atoms with E-state index in [1.54, 1.807) is 17.3 Å². The number of hydrogen-bond donors (Lipinski definition) is 1. The van der Waals surface area contributed by atoms with Crippen LogP contribution in [0.4, 0.5) is 26.4 Å². The number of pyridine rings is 2. The molecule has 1 fully saturated rings. The van der Waals surface area contributed by atoms with Crippen LogP contribution in [-0.4, -0.2) is 40.1 Å². The smallest absolute Gasteiger partial charge is 0.327 e. The van der Waals surface area contributed by atoms with Crippen LogP contribution in [0.15, 0.2) is 71.9 Å². The summed E-state index contributed by atoms with van der Waals surface area (Å²) in [5, 5.41) is 3.00. The second-order valence-corrected chi connectivity index (χ2v) is 8.07. The predicted octanol–water partition coefficient (Wildman–Crippen LogP) is 4.57. The molecule has 9 heteroatoms. The molecule has 1 N–H and O–H groups in total. The molecule has 2 aliphatic rings. The molecule has 0 radical (unpaired) electrons. The highest BCUT2D eigenvalue weighted by atomic mass is 19.1. The van der Waals surface area contributed by atoms with Crippen LogP contribution < -0.4 is 15.1 Å². The van der Waals surface area contributed by atoms with Crippen molar-refractivity contribution in [3.8, 4) is 22.6 Å². The lowest BCUT2D eigenvalue weighted by Gasteiger charge is -2.36. The molecule has 3 aromatic heterocycles. The first-order valence-corrected chi connectivity index (χ1v) is 10.6. The summed E-state index contributed by atoms with van der Waals surface area (Å²) in [5.74, 6) is 0.752. The number of oxazole rings is 1. The summed E-state index contributed by atoms with van der Waals surface area (Å²) in [4.78, 5) is 30.0. The number of anilines is 3. The van der Waals surface area contributed by atoms with Crippen molar-refractivity contribution in [1.82, 2.24) is 15.0 Å². The fourth-order valence-electron chi connectivity index (χ4n) is 4.48. The second kappa shape index (κ2) is 7.70. The Balaban J connectivity index is 1.34. The minimum atomic E-state index is -0.433. The van der Waals surface area contributed by atoms with Crippen molar-refractivity contribution in [1.29, 1.82) is 0 Å². The SMILES string of the molecule is O=C(Nc1cccc(-c2cnco2)c1)N1c2nc(-c3cncc(F)c3)ccc2N2CC[C@H]1C2. The number of halogens is 1. The van der Waals surface area contributed by atoms with Gasteiger partial charge < -0.3 is 14.6 Å². The van der Waals surface area contributed by atoms with Crippen molar-refractivity contribution in [2.75, 3.05) is 28.2 Å². The number of aromatic nitrogens is 3. The van der Waals surface area contributed by atoms with Gasteiger partial charge in [0.25, 0.3) is 0 Å². The van der Waals surface area contributed by atoms with E-state index in [0.29, 0.717) is 28.5 Å². The molecule has 1 aromatic carbocycles. The maximum atomic E-state index is 13.7. The molecule has 2 aliphatic heterocycles. The van der Waals surface area contributed by atoms with Gasteiger partial charge in [-0.3, -0.25) is 9.88 Å². The molecule has 1 saturated heterocycles. The lowest BCUT2D eigenvalue weighted by Crippen LogP contribution is -2.48. The fourth-order valence-corrected chi connectivity index (χ4v) is 4.48. The third kappa shape index (κ3) is 3.47. The summed E-state index contributed by atoms with van der Waals surface area (Å²) in [6.07, 6.45) is 6.56. The summed E-state index contributed by atoms with van der Waals surface area (Å²) in [6, 6.07) is 12.3.